The molecule has 1 heterocycles. The maximum Gasteiger partial charge on any atom is 0.254 e. The van der Waals surface area contributed by atoms with Crippen LogP contribution in [0.25, 0.3) is 16.9 Å². The maximum absolute atomic E-state index is 13.1. The van der Waals surface area contributed by atoms with Crippen LogP contribution in [0, 0.1) is 0 Å². The number of rotatable bonds is 8. The number of anilines is 1. The molecule has 0 saturated heterocycles. The first kappa shape index (κ1) is 24.5. The van der Waals surface area contributed by atoms with Gasteiger partial charge >= 0.3 is 0 Å². The van der Waals surface area contributed by atoms with Gasteiger partial charge in [0.2, 0.25) is 5.91 Å². The molecule has 0 radical (unpaired) electrons. The lowest BCUT2D eigenvalue weighted by Crippen LogP contribution is -2.38. The van der Waals surface area contributed by atoms with E-state index in [-0.39, 0.29) is 18.4 Å². The molecule has 0 atom stereocenters. The molecule has 2 amide bonds. The van der Waals surface area contributed by atoms with Crippen LogP contribution in [0.3, 0.4) is 0 Å². The Morgan fingerprint density at radius 2 is 1.66 bits per heavy atom. The van der Waals surface area contributed by atoms with Crippen LogP contribution < -0.4 is 5.32 Å². The highest BCUT2D eigenvalue weighted by Gasteiger charge is 2.20. The van der Waals surface area contributed by atoms with E-state index >= 15 is 0 Å². The van der Waals surface area contributed by atoms with E-state index in [1.165, 1.54) is 4.90 Å². The molecule has 0 aliphatic heterocycles. The molecule has 0 bridgehead atoms. The molecule has 0 fully saturated rings. The van der Waals surface area contributed by atoms with Crippen molar-refractivity contribution in [2.45, 2.75) is 13.3 Å². The number of nitrogens with zero attached hydrogens (tertiary/aromatic N) is 3. The zero-order valence-electron chi connectivity index (χ0n) is 19.1. The Morgan fingerprint density at radius 1 is 0.914 bits per heavy atom. The number of carbonyl (C=O) groups is 2. The van der Waals surface area contributed by atoms with E-state index in [2.05, 4.69) is 5.32 Å². The second-order valence-corrected chi connectivity index (χ2v) is 8.83. The molecule has 0 unspecified atom stereocenters. The van der Waals surface area contributed by atoms with Crippen LogP contribution in [0.4, 0.5) is 5.82 Å². The topological polar surface area (TPSA) is 67.2 Å². The Bertz CT molecular complexity index is 1320. The van der Waals surface area contributed by atoms with E-state index in [0.29, 0.717) is 40.1 Å². The molecule has 6 nitrogen and oxygen atoms in total. The first-order valence-electron chi connectivity index (χ1n) is 11.2. The maximum atomic E-state index is 13.1. The number of halogens is 2. The molecule has 1 aromatic heterocycles. The van der Waals surface area contributed by atoms with Gasteiger partial charge in [0.25, 0.3) is 5.91 Å². The second kappa shape index (κ2) is 11.2. The molecule has 4 aromatic rings. The van der Waals surface area contributed by atoms with Crippen molar-refractivity contribution in [1.29, 1.82) is 0 Å². The van der Waals surface area contributed by atoms with Crippen LogP contribution in [0.2, 0.25) is 10.0 Å². The number of benzene rings is 3. The number of aromatic nitrogens is 2. The molecule has 8 heteroatoms. The summed E-state index contributed by atoms with van der Waals surface area (Å²) in [6.07, 6.45) is 0.709. The minimum Gasteiger partial charge on any atom is -0.329 e. The van der Waals surface area contributed by atoms with E-state index in [0.717, 1.165) is 11.3 Å². The summed E-state index contributed by atoms with van der Waals surface area (Å²) in [5, 5.41) is 8.70. The molecular formula is C27H24Cl2N4O2. The molecule has 1 N–H and O–H groups in total. The fraction of sp³-hybridized carbons (Fsp3) is 0.148. The van der Waals surface area contributed by atoms with Gasteiger partial charge in [-0.2, -0.15) is 5.10 Å². The first-order chi connectivity index (χ1) is 16.9. The van der Waals surface area contributed by atoms with Crippen molar-refractivity contribution in [2.24, 2.45) is 0 Å². The average Bonchev–Trinajstić information content (AvgIpc) is 3.28. The van der Waals surface area contributed by atoms with E-state index in [1.807, 2.05) is 55.5 Å². The van der Waals surface area contributed by atoms with E-state index in [1.54, 1.807) is 41.1 Å². The quantitative estimate of drug-likeness (QED) is 0.303. The van der Waals surface area contributed by atoms with E-state index < -0.39 is 0 Å². The highest BCUT2D eigenvalue weighted by Crippen LogP contribution is 2.25. The predicted molar refractivity (Wildman–Crippen MR) is 140 cm³/mol. The average molecular weight is 507 g/mol. The monoisotopic (exact) mass is 506 g/mol. The van der Waals surface area contributed by atoms with Gasteiger partial charge in [0.1, 0.15) is 12.4 Å². The molecule has 0 saturated carbocycles. The van der Waals surface area contributed by atoms with Crippen LogP contribution in [0.1, 0.15) is 23.7 Å². The van der Waals surface area contributed by atoms with Gasteiger partial charge in [0.15, 0.2) is 0 Å². The SMILES string of the molecule is CCCN(CC(=O)Nc1cc(-c2ccccc2)nn1-c1ccc(Cl)cc1)C(=O)c1cccc(Cl)c1. The Hall–Kier alpha value is -3.61. The van der Waals surface area contributed by atoms with Gasteiger partial charge in [-0.25, -0.2) is 4.68 Å². The van der Waals surface area contributed by atoms with Gasteiger partial charge in [-0.15, -0.1) is 0 Å². The molecule has 178 valence electrons. The fourth-order valence-electron chi connectivity index (χ4n) is 3.68. The highest BCUT2D eigenvalue weighted by atomic mass is 35.5. The second-order valence-electron chi connectivity index (χ2n) is 7.95. The Morgan fingerprint density at radius 3 is 2.34 bits per heavy atom. The van der Waals surface area contributed by atoms with Gasteiger partial charge in [-0.3, -0.25) is 9.59 Å². The van der Waals surface area contributed by atoms with Crippen molar-refractivity contribution in [3.8, 4) is 16.9 Å². The molecule has 35 heavy (non-hydrogen) atoms. The Kier molecular flexibility index (Phi) is 7.85. The Balaban J connectivity index is 1.60. The number of carbonyl (C=O) groups excluding carboxylic acids is 2. The third-order valence-electron chi connectivity index (χ3n) is 5.30. The standard InChI is InChI=1S/C27H24Cl2N4O2/c1-2-15-32(27(35)20-9-6-10-22(29)16-20)18-26(34)30-25-17-24(19-7-4-3-5-8-19)31-33(25)23-13-11-21(28)12-14-23/h3-14,16-17H,2,15,18H2,1H3,(H,30,34). The minimum atomic E-state index is -0.330. The zero-order valence-corrected chi connectivity index (χ0v) is 20.6. The largest absolute Gasteiger partial charge is 0.329 e. The van der Waals surface area contributed by atoms with Crippen molar-refractivity contribution in [3.05, 3.63) is 101 Å². The Labute approximate surface area is 214 Å². The van der Waals surface area contributed by atoms with Crippen molar-refractivity contribution in [2.75, 3.05) is 18.4 Å². The number of hydrogen-bond donors (Lipinski definition) is 1. The molecule has 3 aromatic carbocycles. The molecule has 0 aliphatic rings. The molecular weight excluding hydrogens is 483 g/mol. The number of amides is 2. The lowest BCUT2D eigenvalue weighted by molar-refractivity contribution is -0.116. The summed E-state index contributed by atoms with van der Waals surface area (Å²) in [6.45, 7) is 2.29. The smallest absolute Gasteiger partial charge is 0.254 e. The summed E-state index contributed by atoms with van der Waals surface area (Å²) in [5.41, 5.74) is 2.80. The summed E-state index contributed by atoms with van der Waals surface area (Å²) in [4.78, 5) is 27.6. The minimum absolute atomic E-state index is 0.106. The third kappa shape index (κ3) is 6.10. The number of nitrogens with one attached hydrogen (secondary N) is 1. The highest BCUT2D eigenvalue weighted by molar-refractivity contribution is 6.31. The van der Waals surface area contributed by atoms with Crippen LogP contribution in [0.5, 0.6) is 0 Å². The third-order valence-corrected chi connectivity index (χ3v) is 5.79. The predicted octanol–water partition coefficient (Wildman–Crippen LogP) is 6.34. The molecule has 0 aliphatic carbocycles. The van der Waals surface area contributed by atoms with Crippen molar-refractivity contribution in [3.63, 3.8) is 0 Å². The summed E-state index contributed by atoms with van der Waals surface area (Å²) in [5.74, 6) is -0.0907. The summed E-state index contributed by atoms with van der Waals surface area (Å²) < 4.78 is 1.65. The van der Waals surface area contributed by atoms with Crippen LogP contribution in [-0.4, -0.2) is 39.6 Å². The van der Waals surface area contributed by atoms with Gasteiger partial charge in [0.05, 0.1) is 11.4 Å². The van der Waals surface area contributed by atoms with Crippen LogP contribution in [0.15, 0.2) is 84.9 Å². The normalized spacial score (nSPS) is 10.7. The van der Waals surface area contributed by atoms with Crippen molar-refractivity contribution >= 4 is 40.8 Å². The van der Waals surface area contributed by atoms with Crippen molar-refractivity contribution in [1.82, 2.24) is 14.7 Å². The first-order valence-corrected chi connectivity index (χ1v) is 12.0. The summed E-state index contributed by atoms with van der Waals surface area (Å²) >= 11 is 12.1. The van der Waals surface area contributed by atoms with Crippen LogP contribution >= 0.6 is 23.2 Å². The lowest BCUT2D eigenvalue weighted by Gasteiger charge is -2.22. The van der Waals surface area contributed by atoms with Gasteiger partial charge in [-0.1, -0.05) is 66.5 Å². The van der Waals surface area contributed by atoms with Gasteiger partial charge < -0.3 is 10.2 Å². The van der Waals surface area contributed by atoms with E-state index in [4.69, 9.17) is 28.3 Å². The summed E-state index contributed by atoms with van der Waals surface area (Å²) in [6, 6.07) is 25.4. The molecule has 0 spiro atoms. The summed E-state index contributed by atoms with van der Waals surface area (Å²) in [7, 11) is 0. The van der Waals surface area contributed by atoms with Crippen molar-refractivity contribution < 1.29 is 9.59 Å². The zero-order chi connectivity index (χ0) is 24.8. The van der Waals surface area contributed by atoms with Gasteiger partial charge in [0, 0.05) is 33.8 Å². The van der Waals surface area contributed by atoms with Gasteiger partial charge in [-0.05, 0) is 48.9 Å². The fourth-order valence-corrected chi connectivity index (χ4v) is 4.00. The number of hydrogen-bond acceptors (Lipinski definition) is 3. The lowest BCUT2D eigenvalue weighted by atomic mass is 10.1. The van der Waals surface area contributed by atoms with Crippen LogP contribution in [-0.2, 0) is 4.79 Å². The van der Waals surface area contributed by atoms with E-state index in [9.17, 15) is 9.59 Å². The molecule has 4 rings (SSSR count).